The minimum absolute atomic E-state index is 0.344. The zero-order valence-electron chi connectivity index (χ0n) is 17.6. The van der Waals surface area contributed by atoms with Crippen LogP contribution in [0, 0.1) is 19.8 Å². The minimum atomic E-state index is -3.59. The molecular formula is C23H31ClN2O2S. The molecular weight excluding hydrogens is 404 g/mol. The molecule has 0 aliphatic carbocycles. The van der Waals surface area contributed by atoms with E-state index in [9.17, 15) is 8.42 Å². The van der Waals surface area contributed by atoms with Crippen LogP contribution >= 0.6 is 11.6 Å². The largest absolute Gasteiger partial charge is 0.302 e. The van der Waals surface area contributed by atoms with E-state index in [0.717, 1.165) is 42.2 Å². The molecule has 2 aromatic rings. The Balaban J connectivity index is 1.82. The van der Waals surface area contributed by atoms with Crippen molar-refractivity contribution in [1.29, 1.82) is 0 Å². The van der Waals surface area contributed by atoms with E-state index in [0.29, 0.717) is 23.0 Å². The third kappa shape index (κ3) is 5.82. The van der Waals surface area contributed by atoms with Gasteiger partial charge in [-0.2, -0.15) is 4.31 Å². The molecule has 0 atom stereocenters. The van der Waals surface area contributed by atoms with E-state index in [-0.39, 0.29) is 0 Å². The summed E-state index contributed by atoms with van der Waals surface area (Å²) in [6.45, 7) is 9.89. The molecule has 0 spiro atoms. The SMILES string of the molecule is Cc1ccc(S(=O)(=O)N(CCN2CCC(C)CC2)Cc2ccc(Cl)cc2)cc1C. The van der Waals surface area contributed by atoms with Crippen LogP contribution in [-0.2, 0) is 16.6 Å². The van der Waals surface area contributed by atoms with Crippen molar-refractivity contribution in [3.8, 4) is 0 Å². The summed E-state index contributed by atoms with van der Waals surface area (Å²) in [6, 6.07) is 12.8. The second-order valence-corrected chi connectivity index (χ2v) is 10.6. The van der Waals surface area contributed by atoms with Crippen molar-refractivity contribution >= 4 is 21.6 Å². The zero-order valence-corrected chi connectivity index (χ0v) is 19.1. The fourth-order valence-electron chi connectivity index (χ4n) is 3.64. The Morgan fingerprint density at radius 3 is 2.31 bits per heavy atom. The number of likely N-dealkylation sites (tertiary alicyclic amines) is 1. The molecule has 0 bridgehead atoms. The average molecular weight is 435 g/mol. The number of hydrogen-bond donors (Lipinski definition) is 0. The summed E-state index contributed by atoms with van der Waals surface area (Å²) >= 11 is 6.00. The third-order valence-electron chi connectivity index (χ3n) is 5.93. The van der Waals surface area contributed by atoms with Crippen molar-refractivity contribution < 1.29 is 8.42 Å². The van der Waals surface area contributed by atoms with E-state index < -0.39 is 10.0 Å². The van der Waals surface area contributed by atoms with E-state index in [1.54, 1.807) is 16.4 Å². The predicted molar refractivity (Wildman–Crippen MR) is 120 cm³/mol. The number of hydrogen-bond acceptors (Lipinski definition) is 3. The van der Waals surface area contributed by atoms with Crippen LogP contribution in [0.5, 0.6) is 0 Å². The van der Waals surface area contributed by atoms with Gasteiger partial charge in [0.05, 0.1) is 4.90 Å². The summed E-state index contributed by atoms with van der Waals surface area (Å²) in [5, 5.41) is 0.653. The van der Waals surface area contributed by atoms with E-state index in [1.807, 2.05) is 44.2 Å². The molecule has 4 nitrogen and oxygen atoms in total. The van der Waals surface area contributed by atoms with Gasteiger partial charge >= 0.3 is 0 Å². The number of piperidine rings is 1. The first-order valence-electron chi connectivity index (χ1n) is 10.3. The Morgan fingerprint density at radius 1 is 1.03 bits per heavy atom. The number of rotatable bonds is 7. The van der Waals surface area contributed by atoms with Crippen LogP contribution in [0.15, 0.2) is 47.4 Å². The van der Waals surface area contributed by atoms with Gasteiger partial charge in [0.1, 0.15) is 0 Å². The highest BCUT2D eigenvalue weighted by molar-refractivity contribution is 7.89. The van der Waals surface area contributed by atoms with Gasteiger partial charge in [-0.15, -0.1) is 0 Å². The van der Waals surface area contributed by atoms with Crippen molar-refractivity contribution in [2.45, 2.75) is 45.1 Å². The smallest absolute Gasteiger partial charge is 0.243 e. The molecule has 3 rings (SSSR count). The van der Waals surface area contributed by atoms with Gasteiger partial charge in [0.15, 0.2) is 0 Å². The molecule has 1 aliphatic rings. The highest BCUT2D eigenvalue weighted by Crippen LogP contribution is 2.23. The molecule has 0 radical (unpaired) electrons. The molecule has 0 unspecified atom stereocenters. The van der Waals surface area contributed by atoms with Gasteiger partial charge in [0, 0.05) is 24.7 Å². The fraction of sp³-hybridized carbons (Fsp3) is 0.478. The maximum Gasteiger partial charge on any atom is 0.243 e. The molecule has 1 aliphatic heterocycles. The quantitative estimate of drug-likeness (QED) is 0.623. The van der Waals surface area contributed by atoms with E-state index >= 15 is 0 Å². The maximum atomic E-state index is 13.5. The summed E-state index contributed by atoms with van der Waals surface area (Å²) in [7, 11) is -3.59. The lowest BCUT2D eigenvalue weighted by Crippen LogP contribution is -2.41. The highest BCUT2D eigenvalue weighted by atomic mass is 35.5. The second-order valence-electron chi connectivity index (χ2n) is 8.24. The first-order chi connectivity index (χ1) is 13.8. The van der Waals surface area contributed by atoms with Crippen molar-refractivity contribution in [3.63, 3.8) is 0 Å². The second kappa shape index (κ2) is 9.61. The maximum absolute atomic E-state index is 13.5. The monoisotopic (exact) mass is 434 g/mol. The molecule has 1 fully saturated rings. The standard InChI is InChI=1S/C23H31ClN2O2S/c1-18-10-12-25(13-11-18)14-15-26(17-21-5-7-22(24)8-6-21)29(27,28)23-9-4-19(2)20(3)16-23/h4-9,16,18H,10-15,17H2,1-3H3. The molecule has 0 aromatic heterocycles. The van der Waals surface area contributed by atoms with Crippen LogP contribution in [0.2, 0.25) is 5.02 Å². The Hall–Kier alpha value is -1.40. The molecule has 0 amide bonds. The van der Waals surface area contributed by atoms with Crippen LogP contribution < -0.4 is 0 Å². The number of aryl methyl sites for hydroxylation is 2. The summed E-state index contributed by atoms with van der Waals surface area (Å²) in [4.78, 5) is 2.74. The van der Waals surface area contributed by atoms with Crippen LogP contribution in [0.1, 0.15) is 36.5 Å². The normalized spacial score (nSPS) is 16.4. The topological polar surface area (TPSA) is 40.6 Å². The van der Waals surface area contributed by atoms with Crippen LogP contribution in [0.3, 0.4) is 0 Å². The van der Waals surface area contributed by atoms with Gasteiger partial charge in [0.25, 0.3) is 0 Å². The zero-order chi connectivity index (χ0) is 21.0. The molecule has 2 aromatic carbocycles. The third-order valence-corrected chi connectivity index (χ3v) is 8.02. The van der Waals surface area contributed by atoms with Gasteiger partial charge in [-0.25, -0.2) is 8.42 Å². The number of nitrogens with zero attached hydrogens (tertiary/aromatic N) is 2. The predicted octanol–water partition coefficient (Wildman–Crippen LogP) is 4.88. The van der Waals surface area contributed by atoms with E-state index in [2.05, 4.69) is 11.8 Å². The van der Waals surface area contributed by atoms with Crippen LogP contribution in [-0.4, -0.2) is 43.8 Å². The lowest BCUT2D eigenvalue weighted by atomic mass is 9.99. The molecule has 0 N–H and O–H groups in total. The van der Waals surface area contributed by atoms with Gasteiger partial charge in [-0.3, -0.25) is 0 Å². The first kappa shape index (κ1) is 22.3. The van der Waals surface area contributed by atoms with Gasteiger partial charge < -0.3 is 4.90 Å². The molecule has 29 heavy (non-hydrogen) atoms. The molecule has 158 valence electrons. The summed E-state index contributed by atoms with van der Waals surface area (Å²) < 4.78 is 28.6. The van der Waals surface area contributed by atoms with Crippen LogP contribution in [0.25, 0.3) is 0 Å². The molecule has 1 saturated heterocycles. The van der Waals surface area contributed by atoms with Gasteiger partial charge in [-0.1, -0.05) is 36.7 Å². The molecule has 1 heterocycles. The Bertz CT molecular complexity index is 920. The Morgan fingerprint density at radius 2 is 1.69 bits per heavy atom. The van der Waals surface area contributed by atoms with Crippen molar-refractivity contribution in [2.24, 2.45) is 5.92 Å². The number of benzene rings is 2. The minimum Gasteiger partial charge on any atom is -0.302 e. The Labute approximate surface area is 180 Å². The first-order valence-corrected chi connectivity index (χ1v) is 12.1. The van der Waals surface area contributed by atoms with Crippen LogP contribution in [0.4, 0.5) is 0 Å². The fourth-order valence-corrected chi connectivity index (χ4v) is 5.27. The van der Waals surface area contributed by atoms with Crippen molar-refractivity contribution in [2.75, 3.05) is 26.2 Å². The van der Waals surface area contributed by atoms with Gasteiger partial charge in [-0.05, 0) is 86.7 Å². The summed E-state index contributed by atoms with van der Waals surface area (Å²) in [5.74, 6) is 0.760. The highest BCUT2D eigenvalue weighted by Gasteiger charge is 2.26. The average Bonchev–Trinajstić information content (AvgIpc) is 2.69. The number of sulfonamides is 1. The summed E-state index contributed by atoms with van der Waals surface area (Å²) in [5.41, 5.74) is 3.02. The van der Waals surface area contributed by atoms with Crippen molar-refractivity contribution in [3.05, 3.63) is 64.2 Å². The number of halogens is 1. The summed E-state index contributed by atoms with van der Waals surface area (Å²) in [6.07, 6.45) is 2.36. The van der Waals surface area contributed by atoms with Gasteiger partial charge in [0.2, 0.25) is 10.0 Å². The van der Waals surface area contributed by atoms with E-state index in [4.69, 9.17) is 11.6 Å². The lowest BCUT2D eigenvalue weighted by Gasteiger charge is -2.32. The molecule has 6 heteroatoms. The van der Waals surface area contributed by atoms with E-state index in [1.165, 1.54) is 12.8 Å². The Kier molecular flexibility index (Phi) is 7.38. The molecule has 0 saturated carbocycles. The van der Waals surface area contributed by atoms with Crippen molar-refractivity contribution in [1.82, 2.24) is 9.21 Å². The lowest BCUT2D eigenvalue weighted by molar-refractivity contribution is 0.181.